The number of rotatable bonds is 7. The van der Waals surface area contributed by atoms with E-state index in [1.54, 1.807) is 4.90 Å². The second-order valence-electron chi connectivity index (χ2n) is 9.97. The fourth-order valence-electron chi connectivity index (χ4n) is 5.21. The van der Waals surface area contributed by atoms with Crippen molar-refractivity contribution in [3.63, 3.8) is 0 Å². The summed E-state index contributed by atoms with van der Waals surface area (Å²) in [6.07, 6.45) is 0.783. The SMILES string of the molecule is CN(C[C@@H]1CCN(CC(c2ccccc2)c2ccccc2)C(=O)CN1)C(=O)c1ccc2cc(Br)ccc2c1. The Morgan fingerprint density at radius 1 is 0.947 bits per heavy atom. The average molecular weight is 571 g/mol. The standard InChI is InChI=1S/C32H32BrN3O2/c1-35(32(38)27-13-12-26-19-28(33)15-14-25(26)18-27)21-29-16-17-36(31(37)20-34-29)22-30(23-8-4-2-5-9-23)24-10-6-3-7-11-24/h2-15,18-19,29-30,34H,16-17,20-22H2,1H3/t29-/m0/s1. The molecule has 4 aromatic carbocycles. The summed E-state index contributed by atoms with van der Waals surface area (Å²) in [6, 6.07) is 32.7. The molecule has 0 aliphatic carbocycles. The van der Waals surface area contributed by atoms with Crippen LogP contribution in [0.25, 0.3) is 10.8 Å². The van der Waals surface area contributed by atoms with E-state index in [2.05, 4.69) is 69.8 Å². The molecule has 5 nitrogen and oxygen atoms in total. The summed E-state index contributed by atoms with van der Waals surface area (Å²) in [5, 5.41) is 5.52. The van der Waals surface area contributed by atoms with Gasteiger partial charge in [-0.2, -0.15) is 0 Å². The van der Waals surface area contributed by atoms with Crippen molar-refractivity contribution in [1.29, 1.82) is 0 Å². The first-order valence-corrected chi connectivity index (χ1v) is 13.8. The zero-order valence-corrected chi connectivity index (χ0v) is 23.1. The molecule has 0 saturated carbocycles. The lowest BCUT2D eigenvalue weighted by Crippen LogP contribution is -2.42. The second kappa shape index (κ2) is 11.9. The number of halogens is 1. The van der Waals surface area contributed by atoms with Gasteiger partial charge in [0.1, 0.15) is 0 Å². The van der Waals surface area contributed by atoms with Crippen LogP contribution in [0.3, 0.4) is 0 Å². The normalized spacial score (nSPS) is 16.0. The smallest absolute Gasteiger partial charge is 0.253 e. The van der Waals surface area contributed by atoms with Crippen LogP contribution in [0.2, 0.25) is 0 Å². The number of amides is 2. The molecule has 1 aliphatic rings. The number of hydrogen-bond donors (Lipinski definition) is 1. The van der Waals surface area contributed by atoms with E-state index in [0.29, 0.717) is 25.2 Å². The summed E-state index contributed by atoms with van der Waals surface area (Å²) >= 11 is 3.50. The van der Waals surface area contributed by atoms with Crippen molar-refractivity contribution in [1.82, 2.24) is 15.1 Å². The molecule has 4 aromatic rings. The van der Waals surface area contributed by atoms with E-state index in [-0.39, 0.29) is 30.3 Å². The molecule has 0 bridgehead atoms. The lowest BCUT2D eigenvalue weighted by molar-refractivity contribution is -0.129. The topological polar surface area (TPSA) is 52.6 Å². The molecule has 2 amide bonds. The molecule has 0 radical (unpaired) electrons. The summed E-state index contributed by atoms with van der Waals surface area (Å²) in [6.45, 7) is 2.09. The van der Waals surface area contributed by atoms with E-state index in [1.165, 1.54) is 11.1 Å². The van der Waals surface area contributed by atoms with Crippen LogP contribution in [-0.2, 0) is 4.79 Å². The highest BCUT2D eigenvalue weighted by Gasteiger charge is 2.27. The Labute approximate surface area is 232 Å². The summed E-state index contributed by atoms with van der Waals surface area (Å²) in [4.78, 5) is 30.1. The van der Waals surface area contributed by atoms with Gasteiger partial charge in [-0.3, -0.25) is 9.59 Å². The van der Waals surface area contributed by atoms with Crippen LogP contribution in [0.4, 0.5) is 0 Å². The van der Waals surface area contributed by atoms with E-state index in [4.69, 9.17) is 0 Å². The quantitative estimate of drug-likeness (QED) is 0.311. The minimum atomic E-state index is -0.0164. The Balaban J connectivity index is 1.24. The summed E-state index contributed by atoms with van der Waals surface area (Å²) < 4.78 is 1.02. The zero-order valence-electron chi connectivity index (χ0n) is 21.5. The van der Waals surface area contributed by atoms with Gasteiger partial charge < -0.3 is 15.1 Å². The van der Waals surface area contributed by atoms with Crippen molar-refractivity contribution < 1.29 is 9.59 Å². The molecule has 1 N–H and O–H groups in total. The molecule has 1 fully saturated rings. The molecule has 5 rings (SSSR count). The summed E-state index contributed by atoms with van der Waals surface area (Å²) in [7, 11) is 1.83. The van der Waals surface area contributed by atoms with Crippen molar-refractivity contribution in [3.8, 4) is 0 Å². The number of fused-ring (bicyclic) bond motifs is 1. The van der Waals surface area contributed by atoms with Gasteiger partial charge in [-0.05, 0) is 52.6 Å². The zero-order chi connectivity index (χ0) is 26.5. The number of hydrogen-bond acceptors (Lipinski definition) is 3. The van der Waals surface area contributed by atoms with E-state index in [9.17, 15) is 9.59 Å². The first-order valence-electron chi connectivity index (χ1n) is 13.0. The molecule has 194 valence electrons. The van der Waals surface area contributed by atoms with Crippen molar-refractivity contribution in [3.05, 3.63) is 118 Å². The van der Waals surface area contributed by atoms with Gasteiger partial charge in [0.05, 0.1) is 6.54 Å². The van der Waals surface area contributed by atoms with Gasteiger partial charge in [0, 0.05) is 48.7 Å². The van der Waals surface area contributed by atoms with Crippen molar-refractivity contribution in [2.45, 2.75) is 18.4 Å². The molecular weight excluding hydrogens is 538 g/mol. The van der Waals surface area contributed by atoms with Gasteiger partial charge in [0.2, 0.25) is 5.91 Å². The van der Waals surface area contributed by atoms with Crippen LogP contribution in [-0.4, -0.2) is 60.9 Å². The number of carbonyl (C=O) groups is 2. The van der Waals surface area contributed by atoms with Crippen LogP contribution < -0.4 is 5.32 Å². The van der Waals surface area contributed by atoms with Crippen LogP contribution in [0.1, 0.15) is 33.8 Å². The Morgan fingerprint density at radius 3 is 2.26 bits per heavy atom. The summed E-state index contributed by atoms with van der Waals surface area (Å²) in [5.74, 6) is 0.187. The molecule has 6 heteroatoms. The van der Waals surface area contributed by atoms with Crippen molar-refractivity contribution >= 4 is 38.5 Å². The lowest BCUT2D eigenvalue weighted by atomic mass is 9.90. The predicted molar refractivity (Wildman–Crippen MR) is 156 cm³/mol. The molecule has 0 aromatic heterocycles. The Hall–Kier alpha value is -3.48. The molecular formula is C32H32BrN3O2. The van der Waals surface area contributed by atoms with E-state index in [0.717, 1.165) is 21.7 Å². The molecule has 0 spiro atoms. The third kappa shape index (κ3) is 6.14. The maximum atomic E-state index is 13.2. The second-order valence-corrected chi connectivity index (χ2v) is 10.9. The van der Waals surface area contributed by atoms with Crippen LogP contribution in [0.5, 0.6) is 0 Å². The summed E-state index contributed by atoms with van der Waals surface area (Å²) in [5.41, 5.74) is 3.07. The molecule has 0 unspecified atom stereocenters. The van der Waals surface area contributed by atoms with E-state index < -0.39 is 0 Å². The van der Waals surface area contributed by atoms with Gasteiger partial charge in [0.25, 0.3) is 5.91 Å². The van der Waals surface area contributed by atoms with Gasteiger partial charge in [0.15, 0.2) is 0 Å². The molecule has 1 saturated heterocycles. The number of carbonyl (C=O) groups excluding carboxylic acids is 2. The van der Waals surface area contributed by atoms with Crippen molar-refractivity contribution in [2.75, 3.05) is 33.2 Å². The van der Waals surface area contributed by atoms with Gasteiger partial charge in [-0.1, -0.05) is 88.7 Å². The van der Waals surface area contributed by atoms with Crippen molar-refractivity contribution in [2.24, 2.45) is 0 Å². The maximum absolute atomic E-state index is 13.2. The highest BCUT2D eigenvalue weighted by molar-refractivity contribution is 9.10. The van der Waals surface area contributed by atoms with E-state index in [1.807, 2.05) is 60.5 Å². The third-order valence-electron chi connectivity index (χ3n) is 7.34. The molecule has 1 heterocycles. The number of nitrogens with zero attached hydrogens (tertiary/aromatic N) is 2. The molecule has 1 atom stereocenters. The Morgan fingerprint density at radius 2 is 1.58 bits per heavy atom. The minimum absolute atomic E-state index is 0.0164. The predicted octanol–water partition coefficient (Wildman–Crippen LogP) is 5.70. The van der Waals surface area contributed by atoms with Gasteiger partial charge in [-0.15, -0.1) is 0 Å². The van der Waals surface area contributed by atoms with Gasteiger partial charge >= 0.3 is 0 Å². The van der Waals surface area contributed by atoms with E-state index >= 15 is 0 Å². The minimum Gasteiger partial charge on any atom is -0.341 e. The number of likely N-dealkylation sites (N-methyl/N-ethyl adjacent to an activating group) is 1. The highest BCUT2D eigenvalue weighted by atomic mass is 79.9. The maximum Gasteiger partial charge on any atom is 0.253 e. The highest BCUT2D eigenvalue weighted by Crippen LogP contribution is 2.26. The number of benzene rings is 4. The first kappa shape index (κ1) is 26.1. The fraction of sp³-hybridized carbons (Fsp3) is 0.250. The largest absolute Gasteiger partial charge is 0.341 e. The van der Waals surface area contributed by atoms with Crippen LogP contribution >= 0.6 is 15.9 Å². The van der Waals surface area contributed by atoms with Gasteiger partial charge in [-0.25, -0.2) is 0 Å². The Bertz CT molecular complexity index is 1370. The Kier molecular flexibility index (Phi) is 8.20. The molecule has 1 aliphatic heterocycles. The van der Waals surface area contributed by atoms with Crippen LogP contribution in [0.15, 0.2) is 102 Å². The fourth-order valence-corrected chi connectivity index (χ4v) is 5.59. The monoisotopic (exact) mass is 569 g/mol. The van der Waals surface area contributed by atoms with Crippen LogP contribution in [0, 0.1) is 0 Å². The lowest BCUT2D eigenvalue weighted by Gasteiger charge is -2.27. The first-order chi connectivity index (χ1) is 18.5. The average Bonchev–Trinajstić information content (AvgIpc) is 3.12. The molecule has 38 heavy (non-hydrogen) atoms. The third-order valence-corrected chi connectivity index (χ3v) is 7.83. The number of nitrogens with one attached hydrogen (secondary N) is 1.